The van der Waals surface area contributed by atoms with E-state index in [1.165, 1.54) is 23.0 Å². The standard InChI is InChI=1S/C13H15FN3O/c1-9(2)18-8-12-10(3)7-17(16-12)13-11(14)5-4-6-15-13/h4-7,9H,3,8H2,1-2H3. The molecule has 18 heavy (non-hydrogen) atoms. The lowest BCUT2D eigenvalue weighted by molar-refractivity contribution is 0.0632. The maximum absolute atomic E-state index is 13.6. The molecule has 0 aliphatic heterocycles. The monoisotopic (exact) mass is 248 g/mol. The number of rotatable bonds is 4. The second-order valence-corrected chi connectivity index (χ2v) is 4.21. The van der Waals surface area contributed by atoms with E-state index in [1.807, 2.05) is 13.8 Å². The predicted octanol–water partition coefficient (Wildman–Crippen LogP) is 2.51. The van der Waals surface area contributed by atoms with Crippen LogP contribution in [0.5, 0.6) is 0 Å². The first-order valence-corrected chi connectivity index (χ1v) is 5.71. The quantitative estimate of drug-likeness (QED) is 0.834. The Balaban J connectivity index is 2.26. The van der Waals surface area contributed by atoms with Crippen LogP contribution >= 0.6 is 0 Å². The zero-order valence-corrected chi connectivity index (χ0v) is 10.4. The molecule has 2 rings (SSSR count). The van der Waals surface area contributed by atoms with Gasteiger partial charge in [0.15, 0.2) is 11.6 Å². The van der Waals surface area contributed by atoms with E-state index in [2.05, 4.69) is 17.0 Å². The normalized spacial score (nSPS) is 11.2. The average molecular weight is 248 g/mol. The zero-order chi connectivity index (χ0) is 13.1. The first-order valence-electron chi connectivity index (χ1n) is 5.71. The van der Waals surface area contributed by atoms with Gasteiger partial charge in [-0.2, -0.15) is 5.10 Å². The van der Waals surface area contributed by atoms with Crippen molar-refractivity contribution in [2.24, 2.45) is 0 Å². The largest absolute Gasteiger partial charge is 0.372 e. The summed E-state index contributed by atoms with van der Waals surface area (Å²) < 4.78 is 20.4. The number of halogens is 1. The van der Waals surface area contributed by atoms with Gasteiger partial charge in [-0.25, -0.2) is 14.1 Å². The van der Waals surface area contributed by atoms with E-state index in [1.54, 1.807) is 6.20 Å². The summed E-state index contributed by atoms with van der Waals surface area (Å²) in [6.07, 6.45) is 3.28. The van der Waals surface area contributed by atoms with Gasteiger partial charge in [-0.05, 0) is 38.5 Å². The Bertz CT molecular complexity index is 537. The minimum Gasteiger partial charge on any atom is -0.372 e. The van der Waals surface area contributed by atoms with Gasteiger partial charge >= 0.3 is 0 Å². The van der Waals surface area contributed by atoms with E-state index >= 15 is 0 Å². The molecule has 0 bridgehead atoms. The second-order valence-electron chi connectivity index (χ2n) is 4.21. The van der Waals surface area contributed by atoms with Gasteiger partial charge in [-0.1, -0.05) is 0 Å². The highest BCUT2D eigenvalue weighted by Gasteiger charge is 2.11. The van der Waals surface area contributed by atoms with Crippen LogP contribution in [0.4, 0.5) is 4.39 Å². The van der Waals surface area contributed by atoms with Crippen LogP contribution in [0.15, 0.2) is 24.5 Å². The van der Waals surface area contributed by atoms with Crippen molar-refractivity contribution in [2.75, 3.05) is 0 Å². The molecular weight excluding hydrogens is 233 g/mol. The number of nitrogens with zero attached hydrogens (tertiary/aromatic N) is 3. The Morgan fingerprint density at radius 2 is 2.28 bits per heavy atom. The third-order valence-electron chi connectivity index (χ3n) is 2.39. The zero-order valence-electron chi connectivity index (χ0n) is 10.4. The van der Waals surface area contributed by atoms with E-state index in [0.717, 1.165) is 0 Å². The van der Waals surface area contributed by atoms with E-state index in [9.17, 15) is 4.39 Å². The van der Waals surface area contributed by atoms with Gasteiger partial charge in [0, 0.05) is 12.4 Å². The summed E-state index contributed by atoms with van der Waals surface area (Å²) in [6.45, 7) is 8.11. The minimum absolute atomic E-state index is 0.112. The number of pyridine rings is 1. The van der Waals surface area contributed by atoms with Crippen molar-refractivity contribution in [1.29, 1.82) is 0 Å². The van der Waals surface area contributed by atoms with Crippen LogP contribution in [-0.2, 0) is 11.3 Å². The average Bonchev–Trinajstić information content (AvgIpc) is 2.68. The molecule has 0 aliphatic carbocycles. The first kappa shape index (κ1) is 12.7. The van der Waals surface area contributed by atoms with Crippen LogP contribution in [-0.4, -0.2) is 20.9 Å². The fourth-order valence-electron chi connectivity index (χ4n) is 1.47. The van der Waals surface area contributed by atoms with Crippen molar-refractivity contribution in [2.45, 2.75) is 26.6 Å². The molecule has 2 aromatic rings. The van der Waals surface area contributed by atoms with Gasteiger partial charge in [0.25, 0.3) is 0 Å². The number of hydrogen-bond acceptors (Lipinski definition) is 3. The first-order chi connectivity index (χ1) is 8.58. The molecule has 4 nitrogen and oxygen atoms in total. The number of hydrogen-bond donors (Lipinski definition) is 0. The highest BCUT2D eigenvalue weighted by atomic mass is 19.1. The highest BCUT2D eigenvalue weighted by Crippen LogP contribution is 2.13. The van der Waals surface area contributed by atoms with Crippen LogP contribution in [0.25, 0.3) is 5.82 Å². The summed E-state index contributed by atoms with van der Waals surface area (Å²) in [5.41, 5.74) is 1.40. The smallest absolute Gasteiger partial charge is 0.189 e. The van der Waals surface area contributed by atoms with Gasteiger partial charge < -0.3 is 4.74 Å². The van der Waals surface area contributed by atoms with Crippen molar-refractivity contribution < 1.29 is 9.13 Å². The Morgan fingerprint density at radius 3 is 2.94 bits per heavy atom. The minimum atomic E-state index is -0.420. The third-order valence-corrected chi connectivity index (χ3v) is 2.39. The summed E-state index contributed by atoms with van der Waals surface area (Å²) in [5, 5.41) is 4.24. The van der Waals surface area contributed by atoms with Crippen LogP contribution in [0, 0.1) is 12.7 Å². The van der Waals surface area contributed by atoms with Gasteiger partial charge in [0.1, 0.15) is 0 Å². The molecule has 5 heteroatoms. The van der Waals surface area contributed by atoms with Gasteiger partial charge in [0.05, 0.1) is 18.4 Å². The Hall–Kier alpha value is -1.75. The number of ether oxygens (including phenoxy) is 1. The van der Waals surface area contributed by atoms with Crippen LogP contribution in [0.3, 0.4) is 0 Å². The Labute approximate surface area is 105 Å². The third kappa shape index (κ3) is 2.73. The lowest BCUT2D eigenvalue weighted by Crippen LogP contribution is -2.05. The summed E-state index contributed by atoms with van der Waals surface area (Å²) >= 11 is 0. The lowest BCUT2D eigenvalue weighted by atomic mass is 10.3. The van der Waals surface area contributed by atoms with Crippen molar-refractivity contribution in [3.8, 4) is 5.82 Å². The molecule has 0 aliphatic rings. The second kappa shape index (κ2) is 5.27. The predicted molar refractivity (Wildman–Crippen MR) is 65.7 cm³/mol. The highest BCUT2D eigenvalue weighted by molar-refractivity contribution is 5.28. The van der Waals surface area contributed by atoms with Gasteiger partial charge in [-0.15, -0.1) is 0 Å². The summed E-state index contributed by atoms with van der Waals surface area (Å²) in [4.78, 5) is 3.96. The molecule has 2 aromatic heterocycles. The molecule has 0 N–H and O–H groups in total. The summed E-state index contributed by atoms with van der Waals surface area (Å²) in [6, 6.07) is 2.88. The molecule has 1 radical (unpaired) electrons. The van der Waals surface area contributed by atoms with Crippen LogP contribution in [0.1, 0.15) is 25.1 Å². The van der Waals surface area contributed by atoms with E-state index in [4.69, 9.17) is 4.74 Å². The molecule has 0 saturated heterocycles. The van der Waals surface area contributed by atoms with E-state index in [-0.39, 0.29) is 11.9 Å². The molecule has 0 aromatic carbocycles. The van der Waals surface area contributed by atoms with Crippen molar-refractivity contribution in [3.05, 3.63) is 48.5 Å². The Morgan fingerprint density at radius 1 is 1.50 bits per heavy atom. The van der Waals surface area contributed by atoms with Gasteiger partial charge in [-0.3, -0.25) is 0 Å². The topological polar surface area (TPSA) is 39.9 Å². The SMILES string of the molecule is [CH2]c1cn(-c2ncccc2F)nc1COC(C)C. The molecule has 0 saturated carbocycles. The summed E-state index contributed by atoms with van der Waals surface area (Å²) in [5.74, 6) is -0.255. The van der Waals surface area contributed by atoms with E-state index < -0.39 is 5.82 Å². The molecular formula is C13H15FN3O. The molecule has 0 amide bonds. The van der Waals surface area contributed by atoms with Gasteiger partial charge in [0.2, 0.25) is 0 Å². The van der Waals surface area contributed by atoms with Crippen molar-refractivity contribution >= 4 is 0 Å². The fourth-order valence-corrected chi connectivity index (χ4v) is 1.47. The molecule has 95 valence electrons. The number of aromatic nitrogens is 3. The molecule has 0 spiro atoms. The maximum atomic E-state index is 13.6. The maximum Gasteiger partial charge on any atom is 0.189 e. The lowest BCUT2D eigenvalue weighted by Gasteiger charge is -2.05. The summed E-state index contributed by atoms with van der Waals surface area (Å²) in [7, 11) is 0. The molecule has 0 fully saturated rings. The van der Waals surface area contributed by atoms with Crippen LogP contribution in [0.2, 0.25) is 0 Å². The van der Waals surface area contributed by atoms with Crippen molar-refractivity contribution in [1.82, 2.24) is 14.8 Å². The fraction of sp³-hybridized carbons (Fsp3) is 0.308. The van der Waals surface area contributed by atoms with Crippen molar-refractivity contribution in [3.63, 3.8) is 0 Å². The molecule has 0 atom stereocenters. The molecule has 2 heterocycles. The Kier molecular flexibility index (Phi) is 3.72. The molecule has 0 unspecified atom stereocenters. The van der Waals surface area contributed by atoms with E-state index in [0.29, 0.717) is 17.9 Å². The van der Waals surface area contributed by atoms with Crippen LogP contribution < -0.4 is 0 Å².